The molecule has 1 N–H and O–H groups in total. The number of alkyl halides is 1. The van der Waals surface area contributed by atoms with E-state index in [-0.39, 0.29) is 0 Å². The molecule has 0 amide bonds. The Labute approximate surface area is 271 Å². The van der Waals surface area contributed by atoms with E-state index in [0.29, 0.717) is 25.6 Å². The van der Waals surface area contributed by atoms with Crippen LogP contribution in [0.3, 0.4) is 0 Å². The van der Waals surface area contributed by atoms with Crippen LogP contribution in [-0.4, -0.2) is 30.7 Å². The standard InChI is InChI=1S/C33H41N3O2.C3H5Cl.C2H6/c1-5-7-21-35-36(31(20-22-34-4)27(3)6-2)24-30-18-19-32(37-25-28-14-10-8-11-15-28)33(23-30)38-26-29-16-12-9-13-17-29;1-2-3-4;1-2/h5,7-19,21,23,34H,6,20,22,24-26H2,1-4H3;2H,1,3H2;1-2H3/b7-5+,31-27+,35-21+;;. The summed E-state index contributed by atoms with van der Waals surface area (Å²) in [6, 6.07) is 26.6. The van der Waals surface area contributed by atoms with Crippen molar-refractivity contribution >= 4 is 17.8 Å². The molecule has 3 rings (SSSR count). The largest absolute Gasteiger partial charge is 0.485 e. The van der Waals surface area contributed by atoms with Crippen molar-refractivity contribution in [2.45, 2.75) is 67.2 Å². The molecule has 0 saturated carbocycles. The van der Waals surface area contributed by atoms with Crippen molar-refractivity contribution in [2.75, 3.05) is 19.5 Å². The molecule has 5 nitrogen and oxygen atoms in total. The number of halogens is 1. The highest BCUT2D eigenvalue weighted by Gasteiger charge is 2.15. The lowest BCUT2D eigenvalue weighted by molar-refractivity contribution is 0.255. The van der Waals surface area contributed by atoms with Gasteiger partial charge in [-0.05, 0) is 62.2 Å². The molecule has 0 radical (unpaired) electrons. The SMILES string of the molecule is C/C=C/C=N/N(Cc1ccc(OCc2ccccc2)c(OCc2ccccc2)c1)/C(CCNC)=C(\C)CC.C=CCCl.CC. The van der Waals surface area contributed by atoms with E-state index >= 15 is 0 Å². The summed E-state index contributed by atoms with van der Waals surface area (Å²) >= 11 is 5.07. The van der Waals surface area contributed by atoms with Gasteiger partial charge in [0, 0.05) is 30.8 Å². The molecule has 0 aliphatic rings. The molecule has 0 aliphatic heterocycles. The number of hydrogen-bond acceptors (Lipinski definition) is 5. The van der Waals surface area contributed by atoms with Crippen LogP contribution in [0.4, 0.5) is 0 Å². The summed E-state index contributed by atoms with van der Waals surface area (Å²) in [5.41, 5.74) is 5.90. The smallest absolute Gasteiger partial charge is 0.162 e. The second-order valence-corrected chi connectivity index (χ2v) is 9.86. The third-order valence-electron chi connectivity index (χ3n) is 6.35. The number of nitrogens with one attached hydrogen (secondary N) is 1. The number of rotatable bonds is 16. The number of hydrazone groups is 1. The maximum Gasteiger partial charge on any atom is 0.162 e. The summed E-state index contributed by atoms with van der Waals surface area (Å²) < 4.78 is 12.5. The van der Waals surface area contributed by atoms with Crippen LogP contribution in [-0.2, 0) is 19.8 Å². The fourth-order valence-electron chi connectivity index (χ4n) is 3.95. The summed E-state index contributed by atoms with van der Waals surface area (Å²) in [5, 5.41) is 10.2. The molecule has 0 spiro atoms. The van der Waals surface area contributed by atoms with E-state index in [1.54, 1.807) is 6.08 Å². The minimum absolute atomic E-state index is 0.470. The first-order valence-electron chi connectivity index (χ1n) is 15.4. The molecule has 0 unspecified atom stereocenters. The lowest BCUT2D eigenvalue weighted by atomic mass is 10.1. The molecule has 0 atom stereocenters. The first kappa shape index (κ1) is 38.2. The van der Waals surface area contributed by atoms with Gasteiger partial charge >= 0.3 is 0 Å². The maximum absolute atomic E-state index is 6.31. The van der Waals surface area contributed by atoms with Gasteiger partial charge in [0.05, 0.1) is 6.54 Å². The Bertz CT molecular complexity index is 1260. The van der Waals surface area contributed by atoms with Crippen LogP contribution in [0.15, 0.2) is 120 Å². The van der Waals surface area contributed by atoms with Gasteiger partial charge in [0.15, 0.2) is 11.5 Å². The summed E-state index contributed by atoms with van der Waals surface area (Å²) in [6.45, 7) is 16.2. The molecule has 0 bridgehead atoms. The second-order valence-electron chi connectivity index (χ2n) is 9.55. The number of allylic oxidation sites excluding steroid dienone is 4. The highest BCUT2D eigenvalue weighted by Crippen LogP contribution is 2.31. The Kier molecular flexibility index (Phi) is 21.4. The molecule has 6 heteroatoms. The van der Waals surface area contributed by atoms with Crippen LogP contribution >= 0.6 is 11.6 Å². The maximum atomic E-state index is 6.31. The molecule has 3 aromatic rings. The molecular weight excluding hydrogens is 566 g/mol. The van der Waals surface area contributed by atoms with Crippen molar-refractivity contribution in [1.82, 2.24) is 10.3 Å². The first-order chi connectivity index (χ1) is 21.6. The quantitative estimate of drug-likeness (QED) is 0.0752. The Hall–Kier alpha value is -3.80. The fraction of sp³-hybridized carbons (Fsp3) is 0.342. The van der Waals surface area contributed by atoms with Crippen LogP contribution in [0.5, 0.6) is 11.5 Å². The number of benzene rings is 3. The van der Waals surface area contributed by atoms with Crippen molar-refractivity contribution in [3.63, 3.8) is 0 Å². The van der Waals surface area contributed by atoms with Gasteiger partial charge in [-0.2, -0.15) is 5.10 Å². The topological polar surface area (TPSA) is 46.1 Å². The molecule has 0 aliphatic carbocycles. The molecule has 0 heterocycles. The Morgan fingerprint density at radius 1 is 0.909 bits per heavy atom. The predicted octanol–water partition coefficient (Wildman–Crippen LogP) is 9.94. The lowest BCUT2D eigenvalue weighted by Crippen LogP contribution is -2.22. The van der Waals surface area contributed by atoms with Crippen LogP contribution in [0.2, 0.25) is 0 Å². The molecule has 44 heavy (non-hydrogen) atoms. The van der Waals surface area contributed by atoms with Gasteiger partial charge in [-0.3, -0.25) is 5.01 Å². The molecule has 0 saturated heterocycles. The van der Waals surface area contributed by atoms with E-state index in [1.165, 1.54) is 11.3 Å². The molecular formula is C38H52ClN3O2. The highest BCUT2D eigenvalue weighted by atomic mass is 35.5. The van der Waals surface area contributed by atoms with Gasteiger partial charge in [-0.25, -0.2) is 0 Å². The van der Waals surface area contributed by atoms with Crippen molar-refractivity contribution in [2.24, 2.45) is 5.10 Å². The Morgan fingerprint density at radius 2 is 1.48 bits per heavy atom. The van der Waals surface area contributed by atoms with Gasteiger partial charge in [-0.15, -0.1) is 18.2 Å². The average molecular weight is 618 g/mol. The van der Waals surface area contributed by atoms with Crippen LogP contribution in [0.1, 0.15) is 64.2 Å². The van der Waals surface area contributed by atoms with Crippen molar-refractivity contribution < 1.29 is 9.47 Å². The van der Waals surface area contributed by atoms with Gasteiger partial charge in [0.1, 0.15) is 13.2 Å². The monoisotopic (exact) mass is 617 g/mol. The zero-order valence-corrected chi connectivity index (χ0v) is 28.3. The predicted molar refractivity (Wildman–Crippen MR) is 191 cm³/mol. The summed E-state index contributed by atoms with van der Waals surface area (Å²) in [6.07, 6.45) is 9.32. The normalized spacial score (nSPS) is 11.2. The number of ether oxygens (including phenoxy) is 2. The van der Waals surface area contributed by atoms with E-state index in [0.717, 1.165) is 47.6 Å². The van der Waals surface area contributed by atoms with Gasteiger partial charge in [0.25, 0.3) is 0 Å². The van der Waals surface area contributed by atoms with Crippen LogP contribution < -0.4 is 14.8 Å². The second kappa shape index (κ2) is 24.6. The summed E-state index contributed by atoms with van der Waals surface area (Å²) in [5.74, 6) is 2.01. The van der Waals surface area contributed by atoms with E-state index in [2.05, 4.69) is 67.2 Å². The lowest BCUT2D eigenvalue weighted by Gasteiger charge is -2.25. The molecule has 3 aromatic carbocycles. The average Bonchev–Trinajstić information content (AvgIpc) is 3.08. The van der Waals surface area contributed by atoms with Crippen molar-refractivity contribution in [1.29, 1.82) is 0 Å². The van der Waals surface area contributed by atoms with E-state index in [9.17, 15) is 0 Å². The van der Waals surface area contributed by atoms with Gasteiger partial charge in [-0.1, -0.05) is 105 Å². The number of nitrogens with zero attached hydrogens (tertiary/aromatic N) is 2. The zero-order chi connectivity index (χ0) is 32.4. The van der Waals surface area contributed by atoms with E-state index in [1.807, 2.05) is 88.7 Å². The minimum Gasteiger partial charge on any atom is -0.485 e. The molecule has 238 valence electrons. The van der Waals surface area contributed by atoms with Crippen LogP contribution in [0.25, 0.3) is 0 Å². The fourth-order valence-corrected chi connectivity index (χ4v) is 3.95. The van der Waals surface area contributed by atoms with Gasteiger partial charge < -0.3 is 14.8 Å². The van der Waals surface area contributed by atoms with Crippen LogP contribution in [0, 0.1) is 0 Å². The molecule has 0 aromatic heterocycles. The Balaban J connectivity index is 0.00000149. The van der Waals surface area contributed by atoms with E-state index in [4.69, 9.17) is 26.2 Å². The van der Waals surface area contributed by atoms with Crippen molar-refractivity contribution in [3.05, 3.63) is 132 Å². The van der Waals surface area contributed by atoms with Gasteiger partial charge in [0.2, 0.25) is 0 Å². The van der Waals surface area contributed by atoms with Crippen molar-refractivity contribution in [3.8, 4) is 11.5 Å². The summed E-state index contributed by atoms with van der Waals surface area (Å²) in [7, 11) is 1.98. The third-order valence-corrected chi connectivity index (χ3v) is 6.57. The first-order valence-corrected chi connectivity index (χ1v) is 16.0. The minimum atomic E-state index is 0.470. The Morgan fingerprint density at radius 3 is 1.98 bits per heavy atom. The van der Waals surface area contributed by atoms with E-state index < -0.39 is 0 Å². The summed E-state index contributed by atoms with van der Waals surface area (Å²) in [4.78, 5) is 0. The molecule has 0 fully saturated rings. The number of hydrogen-bond donors (Lipinski definition) is 1. The highest BCUT2D eigenvalue weighted by molar-refractivity contribution is 6.18. The third kappa shape index (κ3) is 15.1. The zero-order valence-electron chi connectivity index (χ0n) is 27.6.